The van der Waals surface area contributed by atoms with Gasteiger partial charge in [-0.05, 0) is 100.0 Å². The van der Waals surface area contributed by atoms with Crippen molar-refractivity contribution >= 4 is 28.3 Å². The second-order valence-electron chi connectivity index (χ2n) is 13.4. The van der Waals surface area contributed by atoms with Crippen molar-refractivity contribution in [1.29, 1.82) is 0 Å². The molecule has 0 amide bonds. The van der Waals surface area contributed by atoms with Crippen molar-refractivity contribution in [3.63, 3.8) is 0 Å². The molecule has 6 aromatic rings. The number of para-hydroxylation sites is 3. The molecule has 47 heavy (non-hydrogen) atoms. The van der Waals surface area contributed by atoms with Gasteiger partial charge in [0.05, 0.1) is 6.04 Å². The Hall–Kier alpha value is -5.60. The van der Waals surface area contributed by atoms with Crippen LogP contribution in [-0.4, -0.2) is 6.04 Å². The molecule has 1 aliphatic heterocycles. The smallest absolute Gasteiger partial charge is 0.0634 e. The summed E-state index contributed by atoms with van der Waals surface area (Å²) < 4.78 is 0. The molecule has 2 heteroatoms. The second kappa shape index (κ2) is 10.7. The Balaban J connectivity index is 1.09. The Morgan fingerprint density at radius 2 is 1.19 bits per heavy atom. The molecular formula is C45H36N2. The topological polar surface area (TPSA) is 6.48 Å². The number of allylic oxidation sites excluding steroid dienone is 1. The van der Waals surface area contributed by atoms with Gasteiger partial charge in [0, 0.05) is 39.4 Å². The molecule has 1 heterocycles. The molecule has 9 rings (SSSR count). The average molecular weight is 605 g/mol. The summed E-state index contributed by atoms with van der Waals surface area (Å²) in [5.41, 5.74) is 16.7. The van der Waals surface area contributed by atoms with Crippen molar-refractivity contribution in [2.75, 3.05) is 9.80 Å². The van der Waals surface area contributed by atoms with Gasteiger partial charge in [0.15, 0.2) is 0 Å². The molecule has 0 fully saturated rings. The fraction of sp³-hybridized carbons (Fsp3) is 0.111. The van der Waals surface area contributed by atoms with E-state index < -0.39 is 0 Å². The van der Waals surface area contributed by atoms with E-state index in [1.807, 2.05) is 0 Å². The number of fused-ring (bicyclic) bond motifs is 6. The molecule has 0 N–H and O–H groups in total. The summed E-state index contributed by atoms with van der Waals surface area (Å²) in [6.07, 6.45) is 5.76. The van der Waals surface area contributed by atoms with Gasteiger partial charge in [0.1, 0.15) is 0 Å². The van der Waals surface area contributed by atoms with Crippen LogP contribution >= 0.6 is 0 Å². The maximum absolute atomic E-state index is 2.51. The Morgan fingerprint density at radius 1 is 0.574 bits per heavy atom. The van der Waals surface area contributed by atoms with Crippen molar-refractivity contribution < 1.29 is 0 Å². The van der Waals surface area contributed by atoms with Crippen LogP contribution in [0.5, 0.6) is 0 Å². The minimum absolute atomic E-state index is 0.0176. The first-order valence-electron chi connectivity index (χ1n) is 16.6. The van der Waals surface area contributed by atoms with Crippen LogP contribution in [0.1, 0.15) is 37.0 Å². The van der Waals surface area contributed by atoms with Crippen LogP contribution in [0.25, 0.3) is 27.8 Å². The van der Waals surface area contributed by atoms with Gasteiger partial charge in [0.25, 0.3) is 0 Å². The summed E-state index contributed by atoms with van der Waals surface area (Å²) in [4.78, 5) is 4.91. The molecule has 2 aliphatic carbocycles. The van der Waals surface area contributed by atoms with Crippen LogP contribution in [0.4, 0.5) is 22.7 Å². The van der Waals surface area contributed by atoms with Gasteiger partial charge < -0.3 is 9.80 Å². The molecule has 0 aromatic heterocycles. The third-order valence-corrected chi connectivity index (χ3v) is 10.3. The standard InChI is InChI=1S/C45H36N2/c1-45(2)41-19-11-9-17-37(41)39-29-32(23-27-42(39)45)31-21-24-35(25-22-31)46(33-13-5-3-6-14-33)36-26-28-44-40(30-36)38-18-10-12-20-43(38)47(44)34-15-7-4-8-16-34/h3-27,29-30,44H,28H2,1-2H3. The van der Waals surface area contributed by atoms with Crippen LogP contribution < -0.4 is 9.80 Å². The molecule has 0 saturated heterocycles. The largest absolute Gasteiger partial charge is 0.333 e. The lowest BCUT2D eigenvalue weighted by molar-refractivity contribution is 0.660. The third kappa shape index (κ3) is 4.40. The van der Waals surface area contributed by atoms with Crippen LogP contribution in [0.15, 0.2) is 170 Å². The van der Waals surface area contributed by atoms with E-state index in [0.29, 0.717) is 0 Å². The number of benzene rings is 6. The molecule has 0 bridgehead atoms. The minimum atomic E-state index is 0.0176. The highest BCUT2D eigenvalue weighted by Crippen LogP contribution is 2.51. The first-order valence-corrected chi connectivity index (χ1v) is 16.6. The normalized spacial score (nSPS) is 16.8. The molecule has 226 valence electrons. The summed E-state index contributed by atoms with van der Waals surface area (Å²) in [5.74, 6) is 0. The Morgan fingerprint density at radius 3 is 1.98 bits per heavy atom. The molecule has 0 spiro atoms. The highest BCUT2D eigenvalue weighted by Gasteiger charge is 2.37. The van der Waals surface area contributed by atoms with Crippen molar-refractivity contribution in [3.8, 4) is 22.3 Å². The lowest BCUT2D eigenvalue weighted by Gasteiger charge is -2.33. The monoisotopic (exact) mass is 604 g/mol. The van der Waals surface area contributed by atoms with E-state index in [1.54, 1.807) is 0 Å². The van der Waals surface area contributed by atoms with Crippen molar-refractivity contribution in [2.24, 2.45) is 0 Å². The van der Waals surface area contributed by atoms with Crippen molar-refractivity contribution in [2.45, 2.75) is 31.7 Å². The van der Waals surface area contributed by atoms with E-state index in [2.05, 4.69) is 187 Å². The molecule has 1 atom stereocenters. The van der Waals surface area contributed by atoms with Gasteiger partial charge in [0.2, 0.25) is 0 Å². The van der Waals surface area contributed by atoms with Crippen LogP contribution in [-0.2, 0) is 5.41 Å². The van der Waals surface area contributed by atoms with E-state index in [-0.39, 0.29) is 11.5 Å². The van der Waals surface area contributed by atoms with Crippen molar-refractivity contribution in [3.05, 3.63) is 186 Å². The maximum atomic E-state index is 2.51. The Kier molecular flexibility index (Phi) is 6.33. The number of rotatable bonds is 5. The maximum Gasteiger partial charge on any atom is 0.0634 e. The zero-order chi connectivity index (χ0) is 31.5. The molecule has 0 saturated carbocycles. The van der Waals surface area contributed by atoms with E-state index in [9.17, 15) is 0 Å². The van der Waals surface area contributed by atoms with Crippen LogP contribution in [0, 0.1) is 0 Å². The first-order chi connectivity index (χ1) is 23.1. The average Bonchev–Trinajstić information content (AvgIpc) is 3.58. The summed E-state index contributed by atoms with van der Waals surface area (Å²) in [6, 6.07) is 55.7. The third-order valence-electron chi connectivity index (χ3n) is 10.3. The van der Waals surface area contributed by atoms with Gasteiger partial charge in [-0.15, -0.1) is 0 Å². The number of nitrogens with zero attached hydrogens (tertiary/aromatic N) is 2. The first kappa shape index (κ1) is 27.7. The summed E-state index contributed by atoms with van der Waals surface area (Å²) >= 11 is 0. The zero-order valence-corrected chi connectivity index (χ0v) is 26.8. The van der Waals surface area contributed by atoms with Gasteiger partial charge in [-0.2, -0.15) is 0 Å². The van der Waals surface area contributed by atoms with Crippen molar-refractivity contribution in [1.82, 2.24) is 0 Å². The summed E-state index contributed by atoms with van der Waals surface area (Å²) in [5, 5.41) is 0. The van der Waals surface area contributed by atoms with Crippen LogP contribution in [0.3, 0.4) is 0 Å². The fourth-order valence-electron chi connectivity index (χ4n) is 8.06. The lowest BCUT2D eigenvalue weighted by atomic mass is 9.82. The van der Waals surface area contributed by atoms with Gasteiger partial charge >= 0.3 is 0 Å². The van der Waals surface area contributed by atoms with Gasteiger partial charge in [-0.3, -0.25) is 0 Å². The Bertz CT molecular complexity index is 2190. The van der Waals surface area contributed by atoms with Gasteiger partial charge in [-0.25, -0.2) is 0 Å². The predicted molar refractivity (Wildman–Crippen MR) is 198 cm³/mol. The molecule has 3 aliphatic rings. The second-order valence-corrected chi connectivity index (χ2v) is 13.4. The molecule has 2 nitrogen and oxygen atoms in total. The van der Waals surface area contributed by atoms with E-state index in [0.717, 1.165) is 17.8 Å². The SMILES string of the molecule is CC1(C)c2ccccc2-c2cc(-c3ccc(N(C4=CCC5C(=C4)c4ccccc4N5c4ccccc4)c4ccccc4)cc3)ccc21. The molecule has 1 unspecified atom stereocenters. The summed E-state index contributed by atoms with van der Waals surface area (Å²) in [7, 11) is 0. The number of anilines is 4. The number of hydrogen-bond donors (Lipinski definition) is 0. The fourth-order valence-corrected chi connectivity index (χ4v) is 8.06. The molecular weight excluding hydrogens is 569 g/mol. The van der Waals surface area contributed by atoms with Crippen LogP contribution in [0.2, 0.25) is 0 Å². The minimum Gasteiger partial charge on any atom is -0.333 e. The predicted octanol–water partition coefficient (Wildman–Crippen LogP) is 11.7. The highest BCUT2D eigenvalue weighted by molar-refractivity contribution is 5.94. The number of hydrogen-bond acceptors (Lipinski definition) is 2. The van der Waals surface area contributed by atoms with Gasteiger partial charge in [-0.1, -0.05) is 123 Å². The quantitative estimate of drug-likeness (QED) is 0.193. The van der Waals surface area contributed by atoms with E-state index in [1.165, 1.54) is 61.6 Å². The lowest BCUT2D eigenvalue weighted by Crippen LogP contribution is -2.29. The van der Waals surface area contributed by atoms with E-state index >= 15 is 0 Å². The zero-order valence-electron chi connectivity index (χ0n) is 26.8. The summed E-state index contributed by atoms with van der Waals surface area (Å²) in [6.45, 7) is 4.68. The van der Waals surface area contributed by atoms with E-state index in [4.69, 9.17) is 0 Å². The Labute approximate surface area is 277 Å². The highest BCUT2D eigenvalue weighted by atomic mass is 15.2. The molecule has 6 aromatic carbocycles. The molecule has 0 radical (unpaired) electrons.